The van der Waals surface area contributed by atoms with Gasteiger partial charge in [-0.15, -0.1) is 6.58 Å². The Morgan fingerprint density at radius 3 is 2.56 bits per heavy atom. The highest BCUT2D eigenvalue weighted by Crippen LogP contribution is 2.15. The molecule has 0 fully saturated rings. The Balaban J connectivity index is 2.31. The van der Waals surface area contributed by atoms with E-state index in [9.17, 15) is 0 Å². The maximum atomic E-state index is 4.39. The van der Waals surface area contributed by atoms with Gasteiger partial charge < -0.3 is 0 Å². The van der Waals surface area contributed by atoms with Crippen LogP contribution >= 0.6 is 0 Å². The quantitative estimate of drug-likeness (QED) is 0.727. The number of benzene rings is 1. The summed E-state index contributed by atoms with van der Waals surface area (Å²) in [6.45, 7) is 5.69. The zero-order chi connectivity index (χ0) is 11.4. The van der Waals surface area contributed by atoms with E-state index in [4.69, 9.17) is 0 Å². The van der Waals surface area contributed by atoms with Crippen LogP contribution in [0.15, 0.2) is 49.2 Å². The Labute approximate surface area is 95.7 Å². The number of nitrogens with zero attached hydrogens (tertiary/aromatic N) is 2. The second-order valence-corrected chi connectivity index (χ2v) is 3.71. The molecule has 0 aliphatic carbocycles. The van der Waals surface area contributed by atoms with E-state index in [1.165, 1.54) is 5.56 Å². The maximum absolute atomic E-state index is 4.39. The smallest absolute Gasteiger partial charge is 0.159 e. The predicted molar refractivity (Wildman–Crippen MR) is 66.1 cm³/mol. The maximum Gasteiger partial charge on any atom is 0.159 e. The molecule has 0 spiro atoms. The molecule has 2 nitrogen and oxygen atoms in total. The van der Waals surface area contributed by atoms with Crippen LogP contribution in [-0.4, -0.2) is 9.97 Å². The van der Waals surface area contributed by atoms with E-state index in [0.717, 1.165) is 23.5 Å². The van der Waals surface area contributed by atoms with E-state index in [2.05, 4.69) is 28.7 Å². The van der Waals surface area contributed by atoms with E-state index >= 15 is 0 Å². The van der Waals surface area contributed by atoms with Crippen molar-refractivity contribution in [2.75, 3.05) is 0 Å². The molecule has 0 radical (unpaired) electrons. The molecule has 1 aromatic heterocycles. The SMILES string of the molecule is C=CCc1ccc(-c2nccc(C)n2)cc1. The van der Waals surface area contributed by atoms with Gasteiger partial charge in [0.25, 0.3) is 0 Å². The molecular formula is C14H14N2. The summed E-state index contributed by atoms with van der Waals surface area (Å²) in [6.07, 6.45) is 4.59. The summed E-state index contributed by atoms with van der Waals surface area (Å²) < 4.78 is 0. The van der Waals surface area contributed by atoms with Gasteiger partial charge in [-0.25, -0.2) is 9.97 Å². The minimum absolute atomic E-state index is 0.783. The van der Waals surface area contributed by atoms with Crippen LogP contribution < -0.4 is 0 Å². The lowest BCUT2D eigenvalue weighted by molar-refractivity contribution is 1.11. The first-order valence-corrected chi connectivity index (χ1v) is 5.29. The molecule has 0 saturated carbocycles. The second-order valence-electron chi connectivity index (χ2n) is 3.71. The van der Waals surface area contributed by atoms with Crippen molar-refractivity contribution >= 4 is 0 Å². The summed E-state index contributed by atoms with van der Waals surface area (Å²) in [5.74, 6) is 0.783. The molecule has 0 aliphatic heterocycles. The summed E-state index contributed by atoms with van der Waals surface area (Å²) in [4.78, 5) is 8.64. The van der Waals surface area contributed by atoms with Gasteiger partial charge in [-0.2, -0.15) is 0 Å². The number of allylic oxidation sites excluding steroid dienone is 1. The van der Waals surface area contributed by atoms with Gasteiger partial charge in [0.05, 0.1) is 0 Å². The van der Waals surface area contributed by atoms with Gasteiger partial charge in [0.15, 0.2) is 5.82 Å². The predicted octanol–water partition coefficient (Wildman–Crippen LogP) is 3.18. The zero-order valence-electron chi connectivity index (χ0n) is 9.35. The topological polar surface area (TPSA) is 25.8 Å². The average molecular weight is 210 g/mol. The lowest BCUT2D eigenvalue weighted by Gasteiger charge is -2.02. The lowest BCUT2D eigenvalue weighted by Crippen LogP contribution is -1.90. The van der Waals surface area contributed by atoms with Crippen LogP contribution in [0.2, 0.25) is 0 Å². The number of aryl methyl sites for hydroxylation is 1. The fourth-order valence-corrected chi connectivity index (χ4v) is 1.54. The van der Waals surface area contributed by atoms with Gasteiger partial charge in [-0.05, 0) is 25.0 Å². The number of aromatic nitrogens is 2. The minimum atomic E-state index is 0.783. The van der Waals surface area contributed by atoms with Crippen molar-refractivity contribution in [1.82, 2.24) is 9.97 Å². The number of hydrogen-bond donors (Lipinski definition) is 0. The summed E-state index contributed by atoms with van der Waals surface area (Å²) >= 11 is 0. The molecule has 0 saturated heterocycles. The molecule has 0 bridgehead atoms. The average Bonchev–Trinajstić information content (AvgIpc) is 2.30. The Kier molecular flexibility index (Phi) is 3.10. The minimum Gasteiger partial charge on any atom is -0.237 e. The Bertz CT molecular complexity index is 486. The van der Waals surface area contributed by atoms with Crippen molar-refractivity contribution in [1.29, 1.82) is 0 Å². The van der Waals surface area contributed by atoms with Crippen LogP contribution in [0.25, 0.3) is 11.4 Å². The van der Waals surface area contributed by atoms with Crippen LogP contribution in [-0.2, 0) is 6.42 Å². The first kappa shape index (κ1) is 10.6. The molecule has 0 atom stereocenters. The highest BCUT2D eigenvalue weighted by atomic mass is 14.9. The third-order valence-electron chi connectivity index (χ3n) is 2.39. The van der Waals surface area contributed by atoms with Crippen LogP contribution in [0, 0.1) is 6.92 Å². The van der Waals surface area contributed by atoms with Crippen LogP contribution in [0.4, 0.5) is 0 Å². The molecule has 16 heavy (non-hydrogen) atoms. The monoisotopic (exact) mass is 210 g/mol. The van der Waals surface area contributed by atoms with Crippen molar-refractivity contribution in [2.24, 2.45) is 0 Å². The van der Waals surface area contributed by atoms with Gasteiger partial charge in [-0.1, -0.05) is 30.3 Å². The molecule has 0 unspecified atom stereocenters. The van der Waals surface area contributed by atoms with Crippen molar-refractivity contribution < 1.29 is 0 Å². The van der Waals surface area contributed by atoms with E-state index in [0.29, 0.717) is 0 Å². The molecule has 2 heteroatoms. The van der Waals surface area contributed by atoms with Crippen molar-refractivity contribution in [3.05, 3.63) is 60.4 Å². The van der Waals surface area contributed by atoms with Gasteiger partial charge in [0, 0.05) is 17.5 Å². The fraction of sp³-hybridized carbons (Fsp3) is 0.143. The zero-order valence-corrected chi connectivity index (χ0v) is 9.35. The normalized spacial score (nSPS) is 10.1. The highest BCUT2D eigenvalue weighted by molar-refractivity contribution is 5.55. The molecule has 2 rings (SSSR count). The Hall–Kier alpha value is -1.96. The summed E-state index contributed by atoms with van der Waals surface area (Å²) in [5.41, 5.74) is 3.29. The van der Waals surface area contributed by atoms with Crippen LogP contribution in [0.5, 0.6) is 0 Å². The van der Waals surface area contributed by atoms with E-state index < -0.39 is 0 Å². The largest absolute Gasteiger partial charge is 0.237 e. The molecule has 0 aliphatic rings. The van der Waals surface area contributed by atoms with Gasteiger partial charge in [0.2, 0.25) is 0 Å². The van der Waals surface area contributed by atoms with Crippen molar-refractivity contribution in [3.63, 3.8) is 0 Å². The van der Waals surface area contributed by atoms with Crippen molar-refractivity contribution in [2.45, 2.75) is 13.3 Å². The van der Waals surface area contributed by atoms with E-state index in [1.807, 2.05) is 31.2 Å². The Morgan fingerprint density at radius 1 is 1.19 bits per heavy atom. The fourth-order valence-electron chi connectivity index (χ4n) is 1.54. The number of hydrogen-bond acceptors (Lipinski definition) is 2. The van der Waals surface area contributed by atoms with E-state index in [1.54, 1.807) is 6.20 Å². The summed E-state index contributed by atoms with van der Waals surface area (Å²) in [6, 6.07) is 10.2. The summed E-state index contributed by atoms with van der Waals surface area (Å²) in [7, 11) is 0. The van der Waals surface area contributed by atoms with E-state index in [-0.39, 0.29) is 0 Å². The molecule has 1 aromatic carbocycles. The molecule has 80 valence electrons. The third kappa shape index (κ3) is 2.34. The standard InChI is InChI=1S/C14H14N2/c1-3-4-12-5-7-13(8-6-12)14-15-10-9-11(2)16-14/h3,5-10H,1,4H2,2H3. The molecule has 0 N–H and O–H groups in total. The van der Waals surface area contributed by atoms with Gasteiger partial charge in [0.1, 0.15) is 0 Å². The number of rotatable bonds is 3. The first-order valence-electron chi connectivity index (χ1n) is 5.29. The lowest BCUT2D eigenvalue weighted by atomic mass is 10.1. The second kappa shape index (κ2) is 4.71. The molecule has 0 amide bonds. The molecular weight excluding hydrogens is 196 g/mol. The first-order chi connectivity index (χ1) is 7.79. The third-order valence-corrected chi connectivity index (χ3v) is 2.39. The summed E-state index contributed by atoms with van der Waals surface area (Å²) in [5, 5.41) is 0. The van der Waals surface area contributed by atoms with Crippen LogP contribution in [0.1, 0.15) is 11.3 Å². The molecule has 2 aromatic rings. The van der Waals surface area contributed by atoms with Crippen molar-refractivity contribution in [3.8, 4) is 11.4 Å². The highest BCUT2D eigenvalue weighted by Gasteiger charge is 2.00. The van der Waals surface area contributed by atoms with Gasteiger partial charge in [-0.3, -0.25) is 0 Å². The Morgan fingerprint density at radius 2 is 1.94 bits per heavy atom. The van der Waals surface area contributed by atoms with Gasteiger partial charge >= 0.3 is 0 Å². The van der Waals surface area contributed by atoms with Crippen LogP contribution in [0.3, 0.4) is 0 Å². The molecule has 1 heterocycles.